The second-order valence-electron chi connectivity index (χ2n) is 10.9. The molecule has 0 fully saturated rings. The van der Waals surface area contributed by atoms with Crippen molar-refractivity contribution in [2.45, 2.75) is 98.1 Å². The van der Waals surface area contributed by atoms with Crippen molar-refractivity contribution >= 4 is 46.9 Å². The molecule has 2 atom stereocenters. The predicted molar refractivity (Wildman–Crippen MR) is 146 cm³/mol. The molecule has 1 aromatic heterocycles. The molecule has 38 heavy (non-hydrogen) atoms. The fourth-order valence-corrected chi connectivity index (χ4v) is 3.69. The van der Waals surface area contributed by atoms with E-state index in [4.69, 9.17) is 25.8 Å². The monoisotopic (exact) mass is 573 g/mol. The molecular weight excluding hydrogens is 534 g/mol. The van der Waals surface area contributed by atoms with Crippen LogP contribution >= 0.6 is 22.9 Å². The molecule has 2 amide bonds. The lowest BCUT2D eigenvalue weighted by Gasteiger charge is -2.26. The molecule has 12 heteroatoms. The summed E-state index contributed by atoms with van der Waals surface area (Å²) in [6.45, 7) is 14.1. The molecule has 2 unspecified atom stereocenters. The van der Waals surface area contributed by atoms with Crippen LogP contribution in [0.25, 0.3) is 0 Å². The van der Waals surface area contributed by atoms with Crippen molar-refractivity contribution in [3.05, 3.63) is 28.2 Å². The zero-order valence-electron chi connectivity index (χ0n) is 23.4. The number of rotatable bonds is 12. The molecule has 2 N–H and O–H groups in total. The first-order valence-electron chi connectivity index (χ1n) is 12.4. The topological polar surface area (TPSA) is 133 Å². The molecule has 214 valence electrons. The number of nitrogens with one attached hydrogen (secondary N) is 2. The number of esters is 2. The molecule has 1 aromatic rings. The van der Waals surface area contributed by atoms with Crippen molar-refractivity contribution in [2.24, 2.45) is 5.92 Å². The normalized spacial score (nSPS) is 13.6. The summed E-state index contributed by atoms with van der Waals surface area (Å²) in [5.74, 6) is -1.56. The van der Waals surface area contributed by atoms with Crippen LogP contribution in [0.4, 0.5) is 4.79 Å². The Morgan fingerprint density at radius 2 is 1.71 bits per heavy atom. The van der Waals surface area contributed by atoms with Gasteiger partial charge in [0.1, 0.15) is 28.4 Å². The van der Waals surface area contributed by atoms with Gasteiger partial charge in [0.05, 0.1) is 13.0 Å². The van der Waals surface area contributed by atoms with Gasteiger partial charge in [0.2, 0.25) is 5.91 Å². The number of halogens is 1. The van der Waals surface area contributed by atoms with Crippen LogP contribution in [0.2, 0.25) is 0 Å². The van der Waals surface area contributed by atoms with Crippen molar-refractivity contribution < 1.29 is 33.4 Å². The van der Waals surface area contributed by atoms with Crippen molar-refractivity contribution in [3.63, 3.8) is 0 Å². The third kappa shape index (κ3) is 13.8. The zero-order chi connectivity index (χ0) is 29.1. The molecule has 0 saturated carbocycles. The Bertz CT molecular complexity index is 980. The molecule has 0 bridgehead atoms. The molecule has 0 saturated heterocycles. The van der Waals surface area contributed by atoms with Gasteiger partial charge in [-0.2, -0.15) is 0 Å². The third-order valence-corrected chi connectivity index (χ3v) is 5.54. The first-order valence-corrected chi connectivity index (χ1v) is 13.8. The summed E-state index contributed by atoms with van der Waals surface area (Å²) in [6, 6.07) is -0.974. The summed E-state index contributed by atoms with van der Waals surface area (Å²) >= 11 is 6.95. The van der Waals surface area contributed by atoms with Crippen molar-refractivity contribution in [1.29, 1.82) is 0 Å². The largest absolute Gasteiger partial charge is 0.456 e. The Morgan fingerprint density at radius 3 is 2.26 bits per heavy atom. The van der Waals surface area contributed by atoms with Crippen LogP contribution < -0.4 is 10.6 Å². The van der Waals surface area contributed by atoms with E-state index in [0.29, 0.717) is 17.3 Å². The summed E-state index contributed by atoms with van der Waals surface area (Å²) in [5, 5.41) is 7.35. The van der Waals surface area contributed by atoms with Gasteiger partial charge in [0.25, 0.3) is 0 Å². The maximum Gasteiger partial charge on any atom is 0.408 e. The first-order chi connectivity index (χ1) is 17.5. The molecule has 10 nitrogen and oxygen atoms in total. The lowest BCUT2D eigenvalue weighted by Crippen LogP contribution is -2.48. The Labute approximate surface area is 233 Å². The predicted octanol–water partition coefficient (Wildman–Crippen LogP) is 4.75. The number of amides is 2. The Balaban J connectivity index is 2.80. The lowest BCUT2D eigenvalue weighted by molar-refractivity contribution is -0.151. The number of allylic oxidation sites excluding steroid dienone is 1. The van der Waals surface area contributed by atoms with Crippen LogP contribution in [0, 0.1) is 5.92 Å². The van der Waals surface area contributed by atoms with Gasteiger partial charge in [-0.1, -0.05) is 19.9 Å². The number of ether oxygens (including phenoxy) is 3. The first kappa shape index (κ1) is 33.4. The Hall–Kier alpha value is -2.66. The van der Waals surface area contributed by atoms with E-state index in [1.165, 1.54) is 11.3 Å². The van der Waals surface area contributed by atoms with Crippen LogP contribution in [-0.4, -0.2) is 58.2 Å². The summed E-state index contributed by atoms with van der Waals surface area (Å²) in [5.41, 5.74) is -1.21. The van der Waals surface area contributed by atoms with Crippen LogP contribution in [0.15, 0.2) is 17.5 Å². The molecular formula is C26H40ClN3O7S. The average molecular weight is 574 g/mol. The van der Waals surface area contributed by atoms with Crippen LogP contribution in [0.3, 0.4) is 0 Å². The van der Waals surface area contributed by atoms with Gasteiger partial charge < -0.3 is 24.8 Å². The number of alkyl carbamates (subject to hydrolysis) is 1. The fourth-order valence-electron chi connectivity index (χ4n) is 2.86. The Kier molecular flexibility index (Phi) is 13.2. The standard InChI is InChI=1S/C26H40ClN3O7S/c1-16(2)21(30-24(34)37-26(6,7)8)23(33)35-17(11-9-10-12-27)13-19(31)28-14-20-29-18(15-38-20)22(32)36-25(3,4)5/h9,11,15-17,21H,10,12-14H2,1-8H3,(H,28,31)(H,30,34)/b11-9+. The van der Waals surface area contributed by atoms with E-state index in [9.17, 15) is 19.2 Å². The molecule has 1 rings (SSSR count). The van der Waals surface area contributed by atoms with Gasteiger partial charge in [-0.05, 0) is 60.0 Å². The van der Waals surface area contributed by atoms with Gasteiger partial charge in [-0.15, -0.1) is 22.9 Å². The zero-order valence-corrected chi connectivity index (χ0v) is 25.0. The average Bonchev–Trinajstić information content (AvgIpc) is 3.23. The van der Waals surface area contributed by atoms with E-state index < -0.39 is 47.3 Å². The quantitative estimate of drug-likeness (QED) is 0.158. The van der Waals surface area contributed by atoms with Gasteiger partial charge in [0.15, 0.2) is 5.69 Å². The van der Waals surface area contributed by atoms with E-state index in [0.717, 1.165) is 0 Å². The van der Waals surface area contributed by atoms with Crippen molar-refractivity contribution in [3.8, 4) is 0 Å². The highest BCUT2D eigenvalue weighted by atomic mass is 35.5. The number of carbonyl (C=O) groups excluding carboxylic acids is 4. The highest BCUT2D eigenvalue weighted by Gasteiger charge is 2.30. The number of thiazole rings is 1. The smallest absolute Gasteiger partial charge is 0.408 e. The van der Waals surface area contributed by atoms with Crippen molar-refractivity contribution in [2.75, 3.05) is 5.88 Å². The summed E-state index contributed by atoms with van der Waals surface area (Å²) in [7, 11) is 0. The molecule has 0 aromatic carbocycles. The maximum atomic E-state index is 12.9. The number of alkyl halides is 1. The van der Waals surface area contributed by atoms with Gasteiger partial charge >= 0.3 is 18.0 Å². The van der Waals surface area contributed by atoms with Crippen LogP contribution in [-0.2, 0) is 30.3 Å². The number of hydrogen-bond donors (Lipinski definition) is 2. The van der Waals surface area contributed by atoms with Gasteiger partial charge in [-0.3, -0.25) is 4.79 Å². The molecule has 0 aliphatic heterocycles. The third-order valence-electron chi connectivity index (χ3n) is 4.47. The highest BCUT2D eigenvalue weighted by Crippen LogP contribution is 2.16. The molecule has 0 aliphatic carbocycles. The lowest BCUT2D eigenvalue weighted by atomic mass is 10.0. The SMILES string of the molecule is CC(C)C(NC(=O)OC(C)(C)C)C(=O)OC(/C=C/CCCl)CC(=O)NCc1nc(C(=O)OC(C)(C)C)cs1. The minimum atomic E-state index is -0.974. The molecule has 0 aliphatic rings. The second-order valence-corrected chi connectivity index (χ2v) is 12.2. The van der Waals surface area contributed by atoms with E-state index >= 15 is 0 Å². The van der Waals surface area contributed by atoms with Crippen LogP contribution in [0.5, 0.6) is 0 Å². The Morgan fingerprint density at radius 1 is 1.08 bits per heavy atom. The van der Waals surface area contributed by atoms with E-state index in [2.05, 4.69) is 15.6 Å². The van der Waals surface area contributed by atoms with Crippen molar-refractivity contribution in [1.82, 2.24) is 15.6 Å². The van der Waals surface area contributed by atoms with E-state index in [1.54, 1.807) is 72.9 Å². The highest BCUT2D eigenvalue weighted by molar-refractivity contribution is 7.09. The molecule has 0 spiro atoms. The maximum absolute atomic E-state index is 12.9. The second kappa shape index (κ2) is 15.1. The fraction of sp³-hybridized carbons (Fsp3) is 0.654. The number of nitrogens with zero attached hydrogens (tertiary/aromatic N) is 1. The van der Waals surface area contributed by atoms with Gasteiger partial charge in [-0.25, -0.2) is 19.4 Å². The van der Waals surface area contributed by atoms with Gasteiger partial charge in [0, 0.05) is 11.3 Å². The number of hydrogen-bond acceptors (Lipinski definition) is 9. The van der Waals surface area contributed by atoms with E-state index in [1.807, 2.05) is 0 Å². The minimum absolute atomic E-state index is 0.0905. The summed E-state index contributed by atoms with van der Waals surface area (Å²) < 4.78 is 16.1. The number of carbonyl (C=O) groups is 4. The minimum Gasteiger partial charge on any atom is -0.456 e. The summed E-state index contributed by atoms with van der Waals surface area (Å²) in [4.78, 5) is 54.1. The number of aromatic nitrogens is 1. The molecule has 1 heterocycles. The van der Waals surface area contributed by atoms with E-state index in [-0.39, 0.29) is 24.6 Å². The summed E-state index contributed by atoms with van der Waals surface area (Å²) in [6.07, 6.45) is 2.04. The molecule has 0 radical (unpaired) electrons. The van der Waals surface area contributed by atoms with Crippen LogP contribution in [0.1, 0.15) is 83.7 Å².